The molecule has 0 atom stereocenters. The molecule has 5 nitrogen and oxygen atoms in total. The molecule has 0 spiro atoms. The number of nitrogens with zero attached hydrogens (tertiary/aromatic N) is 3. The van der Waals surface area contributed by atoms with Crippen LogP contribution in [0, 0.1) is 0 Å². The first kappa shape index (κ1) is 12.2. The van der Waals surface area contributed by atoms with E-state index in [1.165, 1.54) is 0 Å². The van der Waals surface area contributed by atoms with E-state index < -0.39 is 12.6 Å². The predicted octanol–water partition coefficient (Wildman–Crippen LogP) is 0.837. The second-order valence-corrected chi connectivity index (χ2v) is 4.20. The van der Waals surface area contributed by atoms with E-state index in [1.807, 2.05) is 4.90 Å². The van der Waals surface area contributed by atoms with Crippen molar-refractivity contribution in [1.29, 1.82) is 0 Å². The first-order chi connectivity index (χ1) is 7.94. The maximum atomic E-state index is 12.1. The third kappa shape index (κ3) is 3.32. The number of halogens is 3. The van der Waals surface area contributed by atoms with Gasteiger partial charge in [-0.1, -0.05) is 0 Å². The second-order valence-electron chi connectivity index (χ2n) is 4.20. The molecule has 0 aliphatic carbocycles. The van der Waals surface area contributed by atoms with Crippen LogP contribution in [-0.4, -0.2) is 40.5 Å². The van der Waals surface area contributed by atoms with Gasteiger partial charge in [0.2, 0.25) is 5.95 Å². The molecular formula is C9H14F3N5. The van der Waals surface area contributed by atoms with Crippen molar-refractivity contribution in [2.75, 3.05) is 18.0 Å². The fourth-order valence-corrected chi connectivity index (χ4v) is 1.80. The van der Waals surface area contributed by atoms with E-state index in [0.717, 1.165) is 12.8 Å². The van der Waals surface area contributed by atoms with E-state index in [2.05, 4.69) is 15.2 Å². The standard InChI is InChI=1S/C9H14F3N5/c10-9(11,12)5-7-14-8(16-15-7)17-3-1-6(13)2-4-17/h6H,1-5,13H2,(H,14,15,16). The number of alkyl halides is 3. The van der Waals surface area contributed by atoms with Crippen molar-refractivity contribution in [2.24, 2.45) is 5.73 Å². The van der Waals surface area contributed by atoms with Gasteiger partial charge in [0.05, 0.1) is 0 Å². The Hall–Kier alpha value is -1.31. The van der Waals surface area contributed by atoms with Crippen molar-refractivity contribution in [3.63, 3.8) is 0 Å². The maximum absolute atomic E-state index is 12.1. The van der Waals surface area contributed by atoms with Crippen LogP contribution in [0.5, 0.6) is 0 Å². The molecule has 0 amide bonds. The molecule has 3 N–H and O–H groups in total. The van der Waals surface area contributed by atoms with E-state index in [4.69, 9.17) is 5.73 Å². The number of hydrogen-bond donors (Lipinski definition) is 2. The number of anilines is 1. The molecule has 1 fully saturated rings. The van der Waals surface area contributed by atoms with E-state index in [1.54, 1.807) is 0 Å². The minimum absolute atomic E-state index is 0.151. The maximum Gasteiger partial charge on any atom is 0.396 e. The lowest BCUT2D eigenvalue weighted by Gasteiger charge is -2.28. The fraction of sp³-hybridized carbons (Fsp3) is 0.778. The van der Waals surface area contributed by atoms with Crippen molar-refractivity contribution in [3.05, 3.63) is 5.82 Å². The molecule has 2 heterocycles. The molecule has 0 saturated carbocycles. The van der Waals surface area contributed by atoms with Crippen molar-refractivity contribution < 1.29 is 13.2 Å². The Labute approximate surface area is 96.2 Å². The smallest absolute Gasteiger partial charge is 0.339 e. The minimum atomic E-state index is -4.26. The summed E-state index contributed by atoms with van der Waals surface area (Å²) in [5, 5.41) is 6.11. The lowest BCUT2D eigenvalue weighted by molar-refractivity contribution is -0.128. The molecule has 1 aromatic heterocycles. The van der Waals surface area contributed by atoms with Gasteiger partial charge >= 0.3 is 6.18 Å². The van der Waals surface area contributed by atoms with Crippen molar-refractivity contribution in [3.8, 4) is 0 Å². The molecule has 2 rings (SSSR count). The zero-order chi connectivity index (χ0) is 12.5. The Morgan fingerprint density at radius 3 is 2.59 bits per heavy atom. The second kappa shape index (κ2) is 4.52. The highest BCUT2D eigenvalue weighted by atomic mass is 19.4. The monoisotopic (exact) mass is 249 g/mol. The molecule has 0 bridgehead atoms. The molecule has 0 unspecified atom stereocenters. The highest BCUT2D eigenvalue weighted by Crippen LogP contribution is 2.21. The van der Waals surface area contributed by atoms with Crippen LogP contribution in [0.15, 0.2) is 0 Å². The third-order valence-corrected chi connectivity index (χ3v) is 2.71. The number of piperidine rings is 1. The topological polar surface area (TPSA) is 70.8 Å². The van der Waals surface area contributed by atoms with Gasteiger partial charge in [-0.25, -0.2) is 0 Å². The number of rotatable bonds is 2. The number of aromatic nitrogens is 3. The van der Waals surface area contributed by atoms with Gasteiger partial charge < -0.3 is 10.6 Å². The summed E-state index contributed by atoms with van der Waals surface area (Å²) in [6, 6.07) is 0.167. The molecule has 96 valence electrons. The van der Waals surface area contributed by atoms with Gasteiger partial charge in [-0.3, -0.25) is 5.10 Å². The van der Waals surface area contributed by atoms with E-state index >= 15 is 0 Å². The third-order valence-electron chi connectivity index (χ3n) is 2.71. The van der Waals surface area contributed by atoms with Gasteiger partial charge in [0, 0.05) is 19.1 Å². The van der Waals surface area contributed by atoms with E-state index in [-0.39, 0.29) is 11.9 Å². The molecule has 8 heteroatoms. The van der Waals surface area contributed by atoms with Crippen LogP contribution in [-0.2, 0) is 6.42 Å². The number of H-pyrrole nitrogens is 1. The van der Waals surface area contributed by atoms with Gasteiger partial charge in [0.15, 0.2) is 0 Å². The summed E-state index contributed by atoms with van der Waals surface area (Å²) >= 11 is 0. The zero-order valence-corrected chi connectivity index (χ0v) is 9.17. The molecule has 1 saturated heterocycles. The predicted molar refractivity (Wildman–Crippen MR) is 55.6 cm³/mol. The van der Waals surface area contributed by atoms with Crippen LogP contribution in [0.1, 0.15) is 18.7 Å². The lowest BCUT2D eigenvalue weighted by Crippen LogP contribution is -2.40. The van der Waals surface area contributed by atoms with Crippen LogP contribution in [0.4, 0.5) is 19.1 Å². The van der Waals surface area contributed by atoms with E-state index in [9.17, 15) is 13.2 Å². The first-order valence-corrected chi connectivity index (χ1v) is 5.42. The van der Waals surface area contributed by atoms with Gasteiger partial charge in [-0.15, -0.1) is 5.10 Å². The quantitative estimate of drug-likeness (QED) is 0.814. The van der Waals surface area contributed by atoms with Crippen molar-refractivity contribution >= 4 is 5.95 Å². The van der Waals surface area contributed by atoms with Gasteiger partial charge in [0.25, 0.3) is 0 Å². The van der Waals surface area contributed by atoms with Crippen LogP contribution in [0.25, 0.3) is 0 Å². The Balaban J connectivity index is 1.98. The molecule has 0 radical (unpaired) electrons. The van der Waals surface area contributed by atoms with Crippen molar-refractivity contribution in [2.45, 2.75) is 31.5 Å². The van der Waals surface area contributed by atoms with Crippen LogP contribution in [0.2, 0.25) is 0 Å². The summed E-state index contributed by atoms with van der Waals surface area (Å²) in [5.41, 5.74) is 5.74. The summed E-state index contributed by atoms with van der Waals surface area (Å²) < 4.78 is 36.4. The van der Waals surface area contributed by atoms with Crippen LogP contribution >= 0.6 is 0 Å². The first-order valence-electron chi connectivity index (χ1n) is 5.42. The molecular weight excluding hydrogens is 235 g/mol. The summed E-state index contributed by atoms with van der Waals surface area (Å²) in [4.78, 5) is 5.69. The van der Waals surface area contributed by atoms with Crippen LogP contribution in [0.3, 0.4) is 0 Å². The number of nitrogens with one attached hydrogen (secondary N) is 1. The van der Waals surface area contributed by atoms with E-state index in [0.29, 0.717) is 19.0 Å². The molecule has 1 aliphatic heterocycles. The minimum Gasteiger partial charge on any atom is -0.339 e. The summed E-state index contributed by atoms with van der Waals surface area (Å²) in [7, 11) is 0. The van der Waals surface area contributed by atoms with Gasteiger partial charge in [-0.2, -0.15) is 18.2 Å². The normalized spacial score (nSPS) is 18.7. The Bertz CT molecular complexity index is 367. The highest BCUT2D eigenvalue weighted by Gasteiger charge is 2.30. The van der Waals surface area contributed by atoms with Crippen molar-refractivity contribution in [1.82, 2.24) is 15.2 Å². The lowest BCUT2D eigenvalue weighted by atomic mass is 10.1. The molecule has 1 aromatic rings. The summed E-state index contributed by atoms with van der Waals surface area (Å²) in [5.74, 6) is 0.179. The summed E-state index contributed by atoms with van der Waals surface area (Å²) in [6.07, 6.45) is -3.72. The average Bonchev–Trinajstić information content (AvgIpc) is 2.64. The summed E-state index contributed by atoms with van der Waals surface area (Å²) in [6.45, 7) is 1.37. The Morgan fingerprint density at radius 2 is 2.00 bits per heavy atom. The Morgan fingerprint density at radius 1 is 1.35 bits per heavy atom. The zero-order valence-electron chi connectivity index (χ0n) is 9.17. The Kier molecular flexibility index (Phi) is 3.23. The number of aromatic amines is 1. The van der Waals surface area contributed by atoms with Gasteiger partial charge in [0.1, 0.15) is 12.2 Å². The number of nitrogens with two attached hydrogens (primary N) is 1. The highest BCUT2D eigenvalue weighted by molar-refractivity contribution is 5.29. The molecule has 1 aliphatic rings. The molecule has 0 aromatic carbocycles. The van der Waals surface area contributed by atoms with Crippen LogP contribution < -0.4 is 10.6 Å². The molecule has 17 heavy (non-hydrogen) atoms. The fourth-order valence-electron chi connectivity index (χ4n) is 1.80. The van der Waals surface area contributed by atoms with Gasteiger partial charge in [-0.05, 0) is 12.8 Å². The SMILES string of the molecule is NC1CCN(c2n[nH]c(CC(F)(F)F)n2)CC1. The number of hydrogen-bond acceptors (Lipinski definition) is 4. The largest absolute Gasteiger partial charge is 0.396 e. The average molecular weight is 249 g/mol.